The molecule has 0 bridgehead atoms. The van der Waals surface area contributed by atoms with Crippen molar-refractivity contribution < 1.29 is 249 Å². The van der Waals surface area contributed by atoms with Crippen LogP contribution in [0.25, 0.3) is 33.4 Å². The minimum Gasteiger partial charge on any atom is -0.507 e. The average molecular weight is 1860 g/mol. The molecule has 0 aliphatic carbocycles. The van der Waals surface area contributed by atoms with Gasteiger partial charge in [0.1, 0.15) is 59.9 Å². The molecular weight excluding hydrogens is 1800 g/mol. The largest absolute Gasteiger partial charge is 0.507 e. The van der Waals surface area contributed by atoms with Gasteiger partial charge in [0.25, 0.3) is 5.79 Å². The summed E-state index contributed by atoms with van der Waals surface area (Å²) >= 11 is 0. The van der Waals surface area contributed by atoms with Crippen LogP contribution in [0.4, 0.5) is 0 Å². The molecular formula is C83H62O50. The van der Waals surface area contributed by atoms with Crippen molar-refractivity contribution in [3.05, 3.63) is 140 Å². The van der Waals surface area contributed by atoms with Crippen molar-refractivity contribution in [1.29, 1.82) is 0 Å². The normalized spacial score (nSPS) is 21.9. The highest BCUT2D eigenvalue weighted by Crippen LogP contribution is 2.65. The molecule has 694 valence electrons. The van der Waals surface area contributed by atoms with Crippen LogP contribution in [-0.2, 0) is 55.1 Å². The van der Waals surface area contributed by atoms with Crippen molar-refractivity contribution in [2.75, 3.05) is 6.61 Å². The number of hydrogen-bond donors (Lipinski definition) is 32. The summed E-state index contributed by atoms with van der Waals surface area (Å²) in [6.45, 7) is -1.62. The minimum atomic E-state index is -3.37. The van der Waals surface area contributed by atoms with Crippen LogP contribution in [0.3, 0.4) is 0 Å². The molecule has 2 fully saturated rings. The van der Waals surface area contributed by atoms with Gasteiger partial charge in [-0.2, -0.15) is 9.78 Å². The number of esters is 6. The molecule has 0 radical (unpaired) electrons. The molecule has 133 heavy (non-hydrogen) atoms. The maximum atomic E-state index is 16.2. The van der Waals surface area contributed by atoms with E-state index in [9.17, 15) is 183 Å². The lowest BCUT2D eigenvalue weighted by molar-refractivity contribution is -0.290. The number of benzene rings is 10. The number of carbonyl (C=O) groups excluding carboxylic acids is 7. The van der Waals surface area contributed by atoms with Crippen LogP contribution >= 0.6 is 0 Å². The quantitative estimate of drug-likeness (QED) is 0.0307. The number of phenolic OH excluding ortho intramolecular Hbond substituents is 27. The molecule has 10 aromatic carbocycles. The molecule has 1 spiro atoms. The number of aromatic hydroxyl groups is 27. The van der Waals surface area contributed by atoms with E-state index in [4.69, 9.17) is 52.4 Å². The molecule has 10 aromatic rings. The fourth-order valence-electron chi connectivity index (χ4n) is 16.1. The zero-order chi connectivity index (χ0) is 96.6. The fraction of sp³-hybridized carbons (Fsp3) is 0.193. The van der Waals surface area contributed by atoms with Crippen LogP contribution < -0.4 is 9.47 Å². The second-order valence-electron chi connectivity index (χ2n) is 30.3. The van der Waals surface area contributed by atoms with Gasteiger partial charge in [-0.3, -0.25) is 4.79 Å². The number of cyclic esters (lactones) is 3. The molecule has 50 heteroatoms. The predicted molar refractivity (Wildman–Crippen MR) is 415 cm³/mol. The van der Waals surface area contributed by atoms with Crippen LogP contribution in [0, 0.1) is 5.92 Å². The molecule has 6 aliphatic heterocycles. The third-order valence-corrected chi connectivity index (χ3v) is 22.6. The summed E-state index contributed by atoms with van der Waals surface area (Å²) in [5, 5.41) is 366. The molecule has 13 unspecified atom stereocenters. The standard InChI is InChI=1S/C83H62O50/c84-26-2-1-16(3-27(26)85)68-37(95)6-18-39(124-68)14-28(86)47(49(18)97)65(113)71-70(48-38(96)15-123-77(117)20-8-32(90)55(103)62(110)45(20)46-25(83(48)132-133-83)13-36(94)56(104)64(46)112)126-78(118)22-10-34(92)54(102)61(109)43(22)44-23(80(120)127-71)12-40(58(106)63(44)111)125-69-24(11-35(93)57(105)67(69)115)81(121)131-75-74(129-76(116)17-4-29(87)51(99)30(88)5-17)73-72(128-82(75)122)66(114)50(98)19-7-31(89)52(100)59(107)41(19)42-21(79(119)130-73)9-33(91)53(101)60(42)108/h1-5,7-14,37-38,48,65-66,68,70-75,82,84-97,99-115,122H,6,15H2. The van der Waals surface area contributed by atoms with Crippen LogP contribution in [0.5, 0.6) is 172 Å². The van der Waals surface area contributed by atoms with Crippen LogP contribution in [0.1, 0.15) is 107 Å². The molecule has 32 N–H and O–H groups in total. The Labute approximate surface area is 732 Å². The second-order valence-corrected chi connectivity index (χ2v) is 30.3. The predicted octanol–water partition coefficient (Wildman–Crippen LogP) is 2.58. The Hall–Kier alpha value is -17.4. The molecule has 13 atom stereocenters. The Kier molecular flexibility index (Phi) is 21.3. The third kappa shape index (κ3) is 14.0. The zero-order valence-corrected chi connectivity index (χ0v) is 65.6. The summed E-state index contributed by atoms with van der Waals surface area (Å²) in [6.07, 6.45) is -35.0. The molecule has 0 saturated carbocycles. The van der Waals surface area contributed by atoms with Crippen LogP contribution in [0.15, 0.2) is 78.9 Å². The number of aliphatic hydroxyl groups excluding tert-OH is 5. The summed E-state index contributed by atoms with van der Waals surface area (Å²) in [5.41, 5.74) is -20.7. The molecule has 6 heterocycles. The lowest BCUT2D eigenvalue weighted by Gasteiger charge is -2.44. The Morgan fingerprint density at radius 1 is 0.391 bits per heavy atom. The van der Waals surface area contributed by atoms with Gasteiger partial charge in [-0.05, 0) is 60.2 Å². The van der Waals surface area contributed by atoms with E-state index in [-0.39, 0.29) is 35.9 Å². The fourth-order valence-corrected chi connectivity index (χ4v) is 16.1. The first-order chi connectivity index (χ1) is 62.6. The number of phenols is 27. The molecule has 0 aromatic heterocycles. The summed E-state index contributed by atoms with van der Waals surface area (Å²) in [7, 11) is 0. The van der Waals surface area contributed by atoms with Crippen molar-refractivity contribution in [3.63, 3.8) is 0 Å². The topological polar surface area (TPSA) is 875 Å². The number of rotatable bonds is 10. The van der Waals surface area contributed by atoms with Crippen molar-refractivity contribution in [3.8, 4) is 206 Å². The highest BCUT2D eigenvalue weighted by molar-refractivity contribution is 6.13. The van der Waals surface area contributed by atoms with Gasteiger partial charge < -0.3 is 206 Å². The summed E-state index contributed by atoms with van der Waals surface area (Å²) in [5.74, 6) is -65.7. The Balaban J connectivity index is 0.860. The summed E-state index contributed by atoms with van der Waals surface area (Å²) in [6, 6.07) is 6.04. The Morgan fingerprint density at radius 3 is 1.40 bits per heavy atom. The first-order valence-corrected chi connectivity index (χ1v) is 37.8. The molecule has 0 amide bonds. The van der Waals surface area contributed by atoms with Crippen molar-refractivity contribution in [2.24, 2.45) is 5.92 Å². The number of fused-ring (bicyclic) bond motifs is 12. The number of aliphatic hydroxyl groups is 5. The van der Waals surface area contributed by atoms with E-state index >= 15 is 14.4 Å². The van der Waals surface area contributed by atoms with E-state index in [2.05, 4.69) is 0 Å². The molecule has 16 rings (SSSR count). The van der Waals surface area contributed by atoms with Gasteiger partial charge in [0.05, 0.1) is 45.4 Å². The van der Waals surface area contributed by atoms with E-state index in [0.29, 0.717) is 30.3 Å². The van der Waals surface area contributed by atoms with E-state index in [0.717, 1.165) is 18.2 Å². The first kappa shape index (κ1) is 89.0. The monoisotopic (exact) mass is 1860 g/mol. The van der Waals surface area contributed by atoms with E-state index in [1.165, 1.54) is 0 Å². The van der Waals surface area contributed by atoms with Crippen molar-refractivity contribution in [2.45, 2.75) is 85.6 Å². The van der Waals surface area contributed by atoms with Gasteiger partial charge >= 0.3 is 35.8 Å². The zero-order valence-electron chi connectivity index (χ0n) is 65.6. The summed E-state index contributed by atoms with van der Waals surface area (Å²) in [4.78, 5) is 117. The lowest BCUT2D eigenvalue weighted by Crippen LogP contribution is -2.65. The van der Waals surface area contributed by atoms with Gasteiger partial charge in [0.2, 0.25) is 46.0 Å². The number of ether oxygens (including phenoxy) is 9. The van der Waals surface area contributed by atoms with Gasteiger partial charge in [-0.1, -0.05) is 6.07 Å². The summed E-state index contributed by atoms with van der Waals surface area (Å²) < 4.78 is 51.5. The smallest absolute Gasteiger partial charge is 0.342 e. The average Bonchev–Trinajstić information content (AvgIpc) is 1.55. The van der Waals surface area contributed by atoms with Gasteiger partial charge in [-0.25, -0.2) is 28.8 Å². The second kappa shape index (κ2) is 31.8. The number of hydrogen-bond acceptors (Lipinski definition) is 50. The highest BCUT2D eigenvalue weighted by Gasteiger charge is 2.68. The Bertz CT molecular complexity index is 6750. The van der Waals surface area contributed by atoms with E-state index < -0.39 is 401 Å². The van der Waals surface area contributed by atoms with Gasteiger partial charge in [0.15, 0.2) is 152 Å². The number of Topliss-reactive ketones (excluding diaryl/α,β-unsaturated/α-hetero) is 1. The molecule has 2 saturated heterocycles. The highest BCUT2D eigenvalue weighted by atomic mass is 17.4. The van der Waals surface area contributed by atoms with E-state index in [1.807, 2.05) is 0 Å². The van der Waals surface area contributed by atoms with E-state index in [1.54, 1.807) is 0 Å². The van der Waals surface area contributed by atoms with Gasteiger partial charge in [-0.15, -0.1) is 0 Å². The van der Waals surface area contributed by atoms with Crippen molar-refractivity contribution in [1.82, 2.24) is 0 Å². The van der Waals surface area contributed by atoms with Gasteiger partial charge in [0, 0.05) is 74.7 Å². The number of carbonyl (C=O) groups is 7. The number of ketones is 1. The molecule has 50 nitrogen and oxygen atoms in total. The third-order valence-electron chi connectivity index (χ3n) is 22.6. The Morgan fingerprint density at radius 2 is 0.850 bits per heavy atom. The maximum Gasteiger partial charge on any atom is 0.342 e. The minimum absolute atomic E-state index is 0.0619. The van der Waals surface area contributed by atoms with Crippen molar-refractivity contribution >= 4 is 41.6 Å². The molecule has 6 aliphatic rings. The first-order valence-electron chi connectivity index (χ1n) is 37.8. The van der Waals surface area contributed by atoms with Crippen LogP contribution in [-0.4, -0.2) is 273 Å². The van der Waals surface area contributed by atoms with Crippen LogP contribution in [0.2, 0.25) is 0 Å². The SMILES string of the molecule is O=C(OC1C(OC(=O)c2cc(O)c(O)c(O)c2Oc2cc3c(c(O)c2O)-c2c(cc(O)c(O)c2O)C(=O)OC(C2C(O)COC(=O)c4cc(O)c(O)c(O)c4-c4c(cc(O)c(O)c4O)C24OO4)C(C(O)c2c(O)cc4c(c2O)CC(O)C(c2ccc(O)c(O)c2)O4)OC3=O)C(O)OC2C(O)C(=O)c3cc(O)c(O)c(O)c3-c3c(cc(O)c(O)c3O)C(=O)OC21)c1cc(O)c(O)c(O)c1. The lowest BCUT2D eigenvalue weighted by atomic mass is 9.76. The maximum absolute atomic E-state index is 16.2.